The smallest absolute Gasteiger partial charge is 0.184 e. The third-order valence-corrected chi connectivity index (χ3v) is 3.51. The molecule has 1 aromatic carbocycles. The molecule has 1 aliphatic heterocycles. The van der Waals surface area contributed by atoms with Crippen LogP contribution in [0.2, 0.25) is 0 Å². The summed E-state index contributed by atoms with van der Waals surface area (Å²) in [5, 5.41) is 0. The van der Waals surface area contributed by atoms with E-state index in [4.69, 9.17) is 21.7 Å². The van der Waals surface area contributed by atoms with Gasteiger partial charge in [-0.15, -0.1) is 0 Å². The highest BCUT2D eigenvalue weighted by molar-refractivity contribution is 7.71. The zero-order valence-electron chi connectivity index (χ0n) is 10.5. The van der Waals surface area contributed by atoms with Gasteiger partial charge in [-0.1, -0.05) is 0 Å². The largest absolute Gasteiger partial charge is 0.486 e. The van der Waals surface area contributed by atoms with Gasteiger partial charge < -0.3 is 14.5 Å². The van der Waals surface area contributed by atoms with Crippen LogP contribution in [0.1, 0.15) is 0 Å². The van der Waals surface area contributed by atoms with Crippen LogP contribution in [-0.4, -0.2) is 27.7 Å². The number of nitrogens with zero attached hydrogens (tertiary/aromatic N) is 2. The normalized spacial score (nSPS) is 13.6. The first-order valence-electron chi connectivity index (χ1n) is 6.29. The van der Waals surface area contributed by atoms with E-state index < -0.39 is 0 Å². The van der Waals surface area contributed by atoms with Gasteiger partial charge in [0.05, 0.1) is 11.2 Å². The molecular weight excluding hydrogens is 274 g/mol. The number of hydrogen-bond acceptors (Lipinski definition) is 4. The Balaban J connectivity index is 1.95. The number of H-pyrrole nitrogens is 1. The number of imidazole rings is 1. The van der Waals surface area contributed by atoms with E-state index in [2.05, 4.69) is 9.97 Å². The number of rotatable bonds is 1. The van der Waals surface area contributed by atoms with Crippen LogP contribution in [0.15, 0.2) is 36.5 Å². The average Bonchev–Trinajstić information content (AvgIpc) is 2.82. The lowest BCUT2D eigenvalue weighted by atomic mass is 10.2. The first-order chi connectivity index (χ1) is 9.83. The van der Waals surface area contributed by atoms with Gasteiger partial charge >= 0.3 is 0 Å². The molecule has 0 bridgehead atoms. The lowest BCUT2D eigenvalue weighted by Gasteiger charge is -2.19. The molecule has 0 radical (unpaired) electrons. The van der Waals surface area contributed by atoms with Crippen LogP contribution in [-0.2, 0) is 0 Å². The predicted octanol–water partition coefficient (Wildman–Crippen LogP) is 2.85. The molecule has 6 heteroatoms. The van der Waals surface area contributed by atoms with Crippen molar-refractivity contribution in [2.45, 2.75) is 0 Å². The van der Waals surface area contributed by atoms with Crippen molar-refractivity contribution in [3.8, 4) is 17.2 Å². The quantitative estimate of drug-likeness (QED) is 0.699. The summed E-state index contributed by atoms with van der Waals surface area (Å²) in [7, 11) is 0. The Kier molecular flexibility index (Phi) is 2.50. The second-order valence-electron chi connectivity index (χ2n) is 4.47. The summed E-state index contributed by atoms with van der Waals surface area (Å²) in [4.78, 5) is 7.53. The van der Waals surface area contributed by atoms with E-state index in [0.29, 0.717) is 18.0 Å². The molecule has 0 saturated heterocycles. The van der Waals surface area contributed by atoms with Crippen LogP contribution in [0, 0.1) is 4.77 Å². The Labute approximate surface area is 119 Å². The average molecular weight is 285 g/mol. The number of aromatic nitrogens is 3. The summed E-state index contributed by atoms with van der Waals surface area (Å²) in [6.07, 6.45) is 1.75. The van der Waals surface area contributed by atoms with Gasteiger partial charge in [0.15, 0.2) is 21.9 Å². The van der Waals surface area contributed by atoms with E-state index in [0.717, 1.165) is 28.4 Å². The molecule has 3 aromatic rings. The molecule has 100 valence electrons. The minimum Gasteiger partial charge on any atom is -0.486 e. The van der Waals surface area contributed by atoms with Crippen molar-refractivity contribution in [3.63, 3.8) is 0 Å². The number of nitrogens with one attached hydrogen (secondary N) is 1. The maximum absolute atomic E-state index is 5.61. The number of ether oxygens (including phenoxy) is 2. The summed E-state index contributed by atoms with van der Waals surface area (Å²) < 4.78 is 13.6. The minimum atomic E-state index is 0.563. The molecule has 0 aliphatic carbocycles. The van der Waals surface area contributed by atoms with Gasteiger partial charge in [-0.05, 0) is 36.5 Å². The topological polar surface area (TPSA) is 52.1 Å². The third kappa shape index (κ3) is 1.69. The number of fused-ring (bicyclic) bond motifs is 2. The molecule has 0 unspecified atom stereocenters. The molecule has 0 fully saturated rings. The Bertz CT molecular complexity index is 853. The van der Waals surface area contributed by atoms with Crippen LogP contribution in [0.4, 0.5) is 0 Å². The summed E-state index contributed by atoms with van der Waals surface area (Å²) in [6.45, 7) is 1.15. The first-order valence-corrected chi connectivity index (χ1v) is 6.69. The molecule has 0 amide bonds. The van der Waals surface area contributed by atoms with Gasteiger partial charge in [-0.3, -0.25) is 4.57 Å². The summed E-state index contributed by atoms with van der Waals surface area (Å²) in [5.74, 6) is 1.50. The Hall–Kier alpha value is -2.34. The van der Waals surface area contributed by atoms with Crippen molar-refractivity contribution in [2.75, 3.05) is 13.2 Å². The van der Waals surface area contributed by atoms with Gasteiger partial charge in [0.1, 0.15) is 13.2 Å². The Morgan fingerprint density at radius 3 is 2.90 bits per heavy atom. The number of benzene rings is 1. The molecule has 0 spiro atoms. The van der Waals surface area contributed by atoms with Gasteiger partial charge in [-0.25, -0.2) is 4.98 Å². The summed E-state index contributed by atoms with van der Waals surface area (Å²) >= 11 is 5.39. The maximum Gasteiger partial charge on any atom is 0.184 e. The van der Waals surface area contributed by atoms with Crippen molar-refractivity contribution in [3.05, 3.63) is 41.3 Å². The molecule has 3 heterocycles. The highest BCUT2D eigenvalue weighted by atomic mass is 32.1. The number of aromatic amines is 1. The fourth-order valence-corrected chi connectivity index (χ4v) is 2.65. The van der Waals surface area contributed by atoms with Gasteiger partial charge in [0.2, 0.25) is 0 Å². The lowest BCUT2D eigenvalue weighted by molar-refractivity contribution is 0.171. The van der Waals surface area contributed by atoms with Crippen LogP contribution in [0.25, 0.3) is 16.9 Å². The SMILES string of the molecule is S=c1[nH]c2cccnc2n1-c1ccc2c(c1)OCCO2. The fraction of sp³-hybridized carbons (Fsp3) is 0.143. The summed E-state index contributed by atoms with van der Waals surface area (Å²) in [5.41, 5.74) is 2.62. The molecule has 2 aromatic heterocycles. The second kappa shape index (κ2) is 4.35. The molecule has 1 aliphatic rings. The minimum absolute atomic E-state index is 0.563. The standard InChI is InChI=1S/C14H11N3O2S/c20-14-16-10-2-1-5-15-13(10)17(14)9-3-4-11-12(8-9)19-7-6-18-11/h1-5,8H,6-7H2,(H,16,20). The van der Waals surface area contributed by atoms with Crippen LogP contribution < -0.4 is 9.47 Å². The van der Waals surface area contributed by atoms with E-state index in [1.807, 2.05) is 34.9 Å². The number of hydrogen-bond donors (Lipinski definition) is 1. The van der Waals surface area contributed by atoms with Crippen LogP contribution >= 0.6 is 12.2 Å². The van der Waals surface area contributed by atoms with E-state index in [-0.39, 0.29) is 0 Å². The van der Waals surface area contributed by atoms with Crippen LogP contribution in [0.5, 0.6) is 11.5 Å². The van der Waals surface area contributed by atoms with Crippen molar-refractivity contribution in [2.24, 2.45) is 0 Å². The van der Waals surface area contributed by atoms with Crippen molar-refractivity contribution in [1.29, 1.82) is 0 Å². The van der Waals surface area contributed by atoms with Crippen molar-refractivity contribution in [1.82, 2.24) is 14.5 Å². The van der Waals surface area contributed by atoms with Gasteiger partial charge in [-0.2, -0.15) is 0 Å². The maximum atomic E-state index is 5.61. The fourth-order valence-electron chi connectivity index (χ4n) is 2.35. The highest BCUT2D eigenvalue weighted by Crippen LogP contribution is 2.32. The molecule has 1 N–H and O–H groups in total. The molecule has 0 atom stereocenters. The Morgan fingerprint density at radius 2 is 2.00 bits per heavy atom. The summed E-state index contributed by atoms with van der Waals surface area (Å²) in [6, 6.07) is 9.60. The Morgan fingerprint density at radius 1 is 1.15 bits per heavy atom. The van der Waals surface area contributed by atoms with E-state index in [1.54, 1.807) is 6.20 Å². The first kappa shape index (κ1) is 11.5. The molecular formula is C14H11N3O2S. The van der Waals surface area contributed by atoms with Crippen LogP contribution in [0.3, 0.4) is 0 Å². The van der Waals surface area contributed by atoms with E-state index in [1.165, 1.54) is 0 Å². The van der Waals surface area contributed by atoms with Gasteiger partial charge in [0.25, 0.3) is 0 Å². The molecule has 20 heavy (non-hydrogen) atoms. The van der Waals surface area contributed by atoms with Crippen molar-refractivity contribution < 1.29 is 9.47 Å². The van der Waals surface area contributed by atoms with E-state index in [9.17, 15) is 0 Å². The number of pyridine rings is 1. The zero-order valence-corrected chi connectivity index (χ0v) is 11.3. The predicted molar refractivity (Wildman–Crippen MR) is 77.2 cm³/mol. The molecule has 0 saturated carbocycles. The lowest BCUT2D eigenvalue weighted by Crippen LogP contribution is -2.15. The third-order valence-electron chi connectivity index (χ3n) is 3.23. The zero-order chi connectivity index (χ0) is 13.5. The highest BCUT2D eigenvalue weighted by Gasteiger charge is 2.14. The second-order valence-corrected chi connectivity index (χ2v) is 4.85. The monoisotopic (exact) mass is 285 g/mol. The van der Waals surface area contributed by atoms with Gasteiger partial charge in [0, 0.05) is 12.3 Å². The molecule has 5 nitrogen and oxygen atoms in total. The van der Waals surface area contributed by atoms with E-state index >= 15 is 0 Å². The van der Waals surface area contributed by atoms with Crippen molar-refractivity contribution >= 4 is 23.4 Å². The molecule has 4 rings (SSSR count).